The highest BCUT2D eigenvalue weighted by molar-refractivity contribution is 6.40. The average Bonchev–Trinajstić information content (AvgIpc) is 3.05. The van der Waals surface area contributed by atoms with Gasteiger partial charge in [-0.25, -0.2) is 0 Å². The number of likely N-dealkylation sites (N-methyl/N-ethyl adjacent to an activating group) is 1. The summed E-state index contributed by atoms with van der Waals surface area (Å²) in [6.07, 6.45) is 0.345. The first-order valence-electron chi connectivity index (χ1n) is 8.88. The molecule has 1 aliphatic rings. The van der Waals surface area contributed by atoms with Crippen molar-refractivity contribution in [3.63, 3.8) is 0 Å². The van der Waals surface area contributed by atoms with E-state index in [4.69, 9.17) is 0 Å². The van der Waals surface area contributed by atoms with Gasteiger partial charge in [-0.15, -0.1) is 0 Å². The van der Waals surface area contributed by atoms with Crippen molar-refractivity contribution < 1.29 is 9.59 Å². The lowest BCUT2D eigenvalue weighted by molar-refractivity contribution is -0.118. The van der Waals surface area contributed by atoms with Gasteiger partial charge in [-0.2, -0.15) is 5.10 Å². The second-order valence-electron chi connectivity index (χ2n) is 6.54. The molecule has 1 aromatic carbocycles. The van der Waals surface area contributed by atoms with Crippen LogP contribution < -0.4 is 10.3 Å². The molecule has 0 saturated carbocycles. The van der Waals surface area contributed by atoms with Crippen LogP contribution in [0, 0.1) is 0 Å². The number of anilines is 1. The number of nitrogens with one attached hydrogen (secondary N) is 1. The number of hydrogen-bond donors (Lipinski definition) is 1. The first kappa shape index (κ1) is 19.1. The van der Waals surface area contributed by atoms with Gasteiger partial charge >= 0.3 is 0 Å². The van der Waals surface area contributed by atoms with Gasteiger partial charge in [-0.1, -0.05) is 25.1 Å². The SMILES string of the molecule is CCN(CCNC(=O)C1=NN(c2ccccc2)C(C(C)=O)C1)C(C)C. The molecule has 0 bridgehead atoms. The Morgan fingerprint density at radius 3 is 2.56 bits per heavy atom. The first-order chi connectivity index (χ1) is 11.9. The fraction of sp³-hybridized carbons (Fsp3) is 0.526. The third-order valence-electron chi connectivity index (χ3n) is 4.48. The average molecular weight is 344 g/mol. The molecule has 1 amide bonds. The molecule has 1 unspecified atom stereocenters. The van der Waals surface area contributed by atoms with Gasteiger partial charge in [0.15, 0.2) is 5.78 Å². The highest BCUT2D eigenvalue weighted by Crippen LogP contribution is 2.24. The lowest BCUT2D eigenvalue weighted by atomic mass is 10.1. The molecule has 1 aliphatic heterocycles. The Labute approximate surface area is 149 Å². The Balaban J connectivity index is 2.01. The number of carbonyl (C=O) groups is 2. The molecule has 0 spiro atoms. The third kappa shape index (κ3) is 4.89. The molecule has 0 fully saturated rings. The van der Waals surface area contributed by atoms with Gasteiger partial charge in [0.05, 0.1) is 5.69 Å². The molecule has 0 aromatic heterocycles. The molecule has 1 N–H and O–H groups in total. The lowest BCUT2D eigenvalue weighted by Gasteiger charge is -2.24. The second kappa shape index (κ2) is 8.76. The predicted molar refractivity (Wildman–Crippen MR) is 101 cm³/mol. The van der Waals surface area contributed by atoms with Gasteiger partial charge in [0, 0.05) is 25.6 Å². The van der Waals surface area contributed by atoms with Crippen LogP contribution in [-0.4, -0.2) is 54.0 Å². The summed E-state index contributed by atoms with van der Waals surface area (Å²) in [4.78, 5) is 26.7. The number of rotatable bonds is 8. The Kier molecular flexibility index (Phi) is 6.70. The molecular weight excluding hydrogens is 316 g/mol. The van der Waals surface area contributed by atoms with Crippen LogP contribution in [0.1, 0.15) is 34.1 Å². The van der Waals surface area contributed by atoms with Gasteiger partial charge in [0.25, 0.3) is 5.91 Å². The number of benzene rings is 1. The highest BCUT2D eigenvalue weighted by Gasteiger charge is 2.33. The summed E-state index contributed by atoms with van der Waals surface area (Å²) in [6.45, 7) is 10.2. The summed E-state index contributed by atoms with van der Waals surface area (Å²) in [5.41, 5.74) is 1.24. The molecule has 2 rings (SSSR count). The Morgan fingerprint density at radius 2 is 2.00 bits per heavy atom. The molecule has 6 nitrogen and oxygen atoms in total. The monoisotopic (exact) mass is 344 g/mol. The van der Waals surface area contributed by atoms with Crippen molar-refractivity contribution in [1.82, 2.24) is 10.2 Å². The van der Waals surface area contributed by atoms with Gasteiger partial charge < -0.3 is 5.32 Å². The number of carbonyl (C=O) groups excluding carboxylic acids is 2. The molecule has 0 saturated heterocycles. The molecule has 0 aliphatic carbocycles. The number of ketones is 1. The van der Waals surface area contributed by atoms with E-state index in [1.54, 1.807) is 11.9 Å². The van der Waals surface area contributed by atoms with E-state index in [2.05, 4.69) is 36.1 Å². The number of amides is 1. The molecule has 1 aromatic rings. The molecule has 1 heterocycles. The molecule has 6 heteroatoms. The summed E-state index contributed by atoms with van der Waals surface area (Å²) < 4.78 is 0. The minimum Gasteiger partial charge on any atom is -0.350 e. The molecule has 0 radical (unpaired) electrons. The van der Waals surface area contributed by atoms with Crippen LogP contribution in [0.4, 0.5) is 5.69 Å². The van der Waals surface area contributed by atoms with Crippen LogP contribution >= 0.6 is 0 Å². The summed E-state index contributed by atoms with van der Waals surface area (Å²) in [5.74, 6) is -0.183. The van der Waals surface area contributed by atoms with E-state index in [1.807, 2.05) is 30.3 Å². The highest BCUT2D eigenvalue weighted by atomic mass is 16.2. The smallest absolute Gasteiger partial charge is 0.267 e. The zero-order valence-electron chi connectivity index (χ0n) is 15.5. The number of hydrazone groups is 1. The number of nitrogens with zero attached hydrogens (tertiary/aromatic N) is 3. The molecule has 136 valence electrons. The maximum Gasteiger partial charge on any atom is 0.267 e. The van der Waals surface area contributed by atoms with E-state index < -0.39 is 6.04 Å². The van der Waals surface area contributed by atoms with Gasteiger partial charge in [-0.3, -0.25) is 19.5 Å². The van der Waals surface area contributed by atoms with Crippen LogP contribution in [0.5, 0.6) is 0 Å². The predicted octanol–water partition coefficient (Wildman–Crippen LogP) is 2.06. The number of para-hydroxylation sites is 1. The van der Waals surface area contributed by atoms with E-state index in [1.165, 1.54) is 0 Å². The van der Waals surface area contributed by atoms with Crippen molar-refractivity contribution in [1.29, 1.82) is 0 Å². The molecule has 1 atom stereocenters. The van der Waals surface area contributed by atoms with E-state index in [0.717, 1.165) is 18.8 Å². The minimum absolute atomic E-state index is 0.00682. The standard InChI is InChI=1S/C19H28N4O2/c1-5-22(14(2)3)12-11-20-19(25)17-13-18(15(4)24)23(21-17)16-9-7-6-8-10-16/h6-10,14,18H,5,11-13H2,1-4H3,(H,20,25). The lowest BCUT2D eigenvalue weighted by Crippen LogP contribution is -2.40. The van der Waals surface area contributed by atoms with E-state index >= 15 is 0 Å². The fourth-order valence-corrected chi connectivity index (χ4v) is 2.98. The Morgan fingerprint density at radius 1 is 1.32 bits per heavy atom. The summed E-state index contributed by atoms with van der Waals surface area (Å²) in [7, 11) is 0. The first-order valence-corrected chi connectivity index (χ1v) is 8.88. The Bertz CT molecular complexity index is 628. The van der Waals surface area contributed by atoms with Crippen LogP contribution in [0.2, 0.25) is 0 Å². The van der Waals surface area contributed by atoms with Crippen molar-refractivity contribution in [3.05, 3.63) is 30.3 Å². The summed E-state index contributed by atoms with van der Waals surface area (Å²) >= 11 is 0. The van der Waals surface area contributed by atoms with Crippen LogP contribution in [-0.2, 0) is 9.59 Å². The quantitative estimate of drug-likeness (QED) is 0.784. The number of Topliss-reactive ketones (excluding diaryl/α,β-unsaturated/α-hetero) is 1. The van der Waals surface area contributed by atoms with Gasteiger partial charge in [-0.05, 0) is 39.4 Å². The van der Waals surface area contributed by atoms with Crippen LogP contribution in [0.25, 0.3) is 0 Å². The topological polar surface area (TPSA) is 65.0 Å². The van der Waals surface area contributed by atoms with Crippen molar-refractivity contribution in [2.75, 3.05) is 24.6 Å². The Hall–Kier alpha value is -2.21. The fourth-order valence-electron chi connectivity index (χ4n) is 2.98. The minimum atomic E-state index is -0.411. The second-order valence-corrected chi connectivity index (χ2v) is 6.54. The summed E-state index contributed by atoms with van der Waals surface area (Å²) in [6, 6.07) is 9.52. The van der Waals surface area contributed by atoms with Crippen molar-refractivity contribution in [2.24, 2.45) is 5.10 Å². The normalized spacial score (nSPS) is 17.1. The summed E-state index contributed by atoms with van der Waals surface area (Å²) in [5, 5.41) is 9.00. The van der Waals surface area contributed by atoms with E-state index in [0.29, 0.717) is 24.7 Å². The molecule has 25 heavy (non-hydrogen) atoms. The van der Waals surface area contributed by atoms with Crippen LogP contribution in [0.15, 0.2) is 35.4 Å². The van der Waals surface area contributed by atoms with Gasteiger partial charge in [0.1, 0.15) is 11.8 Å². The van der Waals surface area contributed by atoms with Crippen molar-refractivity contribution in [2.45, 2.75) is 46.2 Å². The molecular formula is C19H28N4O2. The maximum absolute atomic E-state index is 12.4. The van der Waals surface area contributed by atoms with E-state index in [-0.39, 0.29) is 11.7 Å². The largest absolute Gasteiger partial charge is 0.350 e. The van der Waals surface area contributed by atoms with Crippen molar-refractivity contribution >= 4 is 23.1 Å². The van der Waals surface area contributed by atoms with E-state index in [9.17, 15) is 9.59 Å². The third-order valence-corrected chi connectivity index (χ3v) is 4.48. The maximum atomic E-state index is 12.4. The zero-order valence-corrected chi connectivity index (χ0v) is 15.5. The van der Waals surface area contributed by atoms with Gasteiger partial charge in [0.2, 0.25) is 0 Å². The van der Waals surface area contributed by atoms with Crippen LogP contribution in [0.3, 0.4) is 0 Å². The van der Waals surface area contributed by atoms with Crippen molar-refractivity contribution in [3.8, 4) is 0 Å². The number of hydrogen-bond acceptors (Lipinski definition) is 5. The zero-order chi connectivity index (χ0) is 18.4.